The number of rotatable bonds is 1. The molecule has 0 unspecified atom stereocenters. The molecule has 23 heteroatoms. The molecule has 0 amide bonds. The second-order valence-corrected chi connectivity index (χ2v) is 33.7. The lowest BCUT2D eigenvalue weighted by Gasteiger charge is -2.00. The zero-order valence-electron chi connectivity index (χ0n) is 55.0. The molecule has 21 aromatic rings. The second-order valence-electron chi connectivity index (χ2n) is 23.9. The summed E-state index contributed by atoms with van der Waals surface area (Å²) in [5.74, 6) is 0.525. The molecular weight excluding hydrogens is 1990 g/mol. The monoisotopic (exact) mass is 2020 g/mol. The molecule has 0 N–H and O–H groups in total. The van der Waals surface area contributed by atoms with E-state index >= 15 is 0 Å². The van der Waals surface area contributed by atoms with E-state index < -0.39 is 0 Å². The summed E-state index contributed by atoms with van der Waals surface area (Å²) in [5, 5.41) is 19.3. The van der Waals surface area contributed by atoms with Gasteiger partial charge in [-0.15, -0.1) is 11.3 Å². The second kappa shape index (κ2) is 32.9. The Morgan fingerprint density at radius 1 is 0.287 bits per heavy atom. The highest BCUT2D eigenvalue weighted by atomic mass is 79.9. The molecule has 108 heavy (non-hydrogen) atoms. The van der Waals surface area contributed by atoms with E-state index in [4.69, 9.17) is 112 Å². The third kappa shape index (κ3) is 15.4. The molecule has 0 saturated carbocycles. The van der Waals surface area contributed by atoms with Crippen LogP contribution in [0.1, 0.15) is 0 Å². The minimum atomic E-state index is -0.277. The summed E-state index contributed by atoms with van der Waals surface area (Å²) in [7, 11) is 1.65. The number of halogens is 15. The highest BCUT2D eigenvalue weighted by Crippen LogP contribution is 2.45. The summed E-state index contributed by atoms with van der Waals surface area (Å²) in [6.45, 7) is 0. The topological polar surface area (TPSA) is 88.1 Å². The maximum Gasteiger partial charge on any atom is 0.154 e. The van der Waals surface area contributed by atoms with Gasteiger partial charge in [-0.05, 0) is 229 Å². The average molecular weight is 2030 g/mol. The lowest BCUT2D eigenvalue weighted by Crippen LogP contribution is -1.82. The van der Waals surface area contributed by atoms with Crippen LogP contribution >= 0.6 is 204 Å². The molecule has 7 nitrogen and oxygen atoms in total. The number of thiophene rings is 1. The molecular formula is C85H43Br7Cl7FO7S. The Morgan fingerprint density at radius 3 is 1.40 bits per heavy atom. The number of hydrogen-bond acceptors (Lipinski definition) is 8. The van der Waals surface area contributed by atoms with E-state index in [1.54, 1.807) is 30.6 Å². The van der Waals surface area contributed by atoms with Gasteiger partial charge in [-0.2, -0.15) is 0 Å². The molecule has 0 radical (unpaired) electrons. The molecule has 21 rings (SSSR count). The molecule has 7 aromatic heterocycles. The number of hydrogen-bond donors (Lipinski definition) is 0. The molecule has 0 spiro atoms. The van der Waals surface area contributed by atoms with Crippen molar-refractivity contribution in [2.75, 3.05) is 7.11 Å². The predicted molar refractivity (Wildman–Crippen MR) is 477 cm³/mol. The molecule has 0 aliphatic carbocycles. The first-order chi connectivity index (χ1) is 52.2. The van der Waals surface area contributed by atoms with Crippen molar-refractivity contribution in [2.24, 2.45) is 0 Å². The Kier molecular flexibility index (Phi) is 23.3. The first kappa shape index (κ1) is 76.6. The number of para-hydroxylation sites is 4. The highest BCUT2D eigenvalue weighted by Gasteiger charge is 2.19. The molecule has 0 saturated heterocycles. The predicted octanol–water partition coefficient (Wildman–Crippen LogP) is 35.6. The van der Waals surface area contributed by atoms with Gasteiger partial charge in [-0.1, -0.05) is 194 Å². The Balaban J connectivity index is 0.000000101. The summed E-state index contributed by atoms with van der Waals surface area (Å²) in [5.41, 5.74) is 9.56. The minimum absolute atomic E-state index is 0.277. The first-order valence-corrected chi connectivity index (χ1v) is 41.3. The minimum Gasteiger partial charge on any atom is -0.496 e. The largest absolute Gasteiger partial charge is 0.496 e. The third-order valence-electron chi connectivity index (χ3n) is 17.3. The van der Waals surface area contributed by atoms with Crippen LogP contribution in [0, 0.1) is 5.82 Å². The van der Waals surface area contributed by atoms with Crippen LogP contribution in [0.4, 0.5) is 4.39 Å². The first-order valence-electron chi connectivity index (χ1n) is 32.3. The summed E-state index contributed by atoms with van der Waals surface area (Å²) in [6.07, 6.45) is 0. The van der Waals surface area contributed by atoms with E-state index in [0.29, 0.717) is 36.3 Å². The zero-order valence-corrected chi connectivity index (χ0v) is 72.2. The van der Waals surface area contributed by atoms with E-state index in [9.17, 15) is 4.39 Å². The number of benzene rings is 14. The van der Waals surface area contributed by atoms with Gasteiger partial charge in [0.15, 0.2) is 22.3 Å². The molecule has 0 aliphatic rings. The fourth-order valence-electron chi connectivity index (χ4n) is 12.4. The van der Waals surface area contributed by atoms with Crippen LogP contribution in [0.3, 0.4) is 0 Å². The maximum atomic E-state index is 13.1. The van der Waals surface area contributed by atoms with Gasteiger partial charge in [-0.25, -0.2) is 4.39 Å². The van der Waals surface area contributed by atoms with Crippen LogP contribution in [-0.2, 0) is 0 Å². The lowest BCUT2D eigenvalue weighted by molar-refractivity contribution is 0.420. The van der Waals surface area contributed by atoms with Crippen molar-refractivity contribution in [3.05, 3.63) is 315 Å². The molecule has 0 atom stereocenters. The summed E-state index contributed by atoms with van der Waals surface area (Å²) in [6, 6.07) is 77.0. The number of ether oxygens (including phenoxy) is 1. The van der Waals surface area contributed by atoms with Crippen LogP contribution in [0.2, 0.25) is 35.2 Å². The molecule has 0 bridgehead atoms. The lowest BCUT2D eigenvalue weighted by atomic mass is 10.1. The fourth-order valence-corrected chi connectivity index (χ4v) is 17.8. The van der Waals surface area contributed by atoms with Crippen LogP contribution in [0.5, 0.6) is 5.75 Å². The van der Waals surface area contributed by atoms with Crippen molar-refractivity contribution < 1.29 is 35.6 Å². The Bertz CT molecular complexity index is 7030. The van der Waals surface area contributed by atoms with E-state index in [1.807, 2.05) is 194 Å². The van der Waals surface area contributed by atoms with Crippen molar-refractivity contribution in [3.63, 3.8) is 0 Å². The SMILES string of the molecule is COc1cccc2oc3c(Br)c(Cl)ccc3c12.Clc1c(Br)ccc2sc3ccccc3c12.Clc1cc(Br)cc2c1oc1ccccc12.Clc1cc2oc3ccccc3c2cc1Br.Clc1ccc(Br)c2oc3ccccc3c12.Clc1ccc2c(oc3ccccc32)c1Br.Fc1ccc2oc3cc(Cl)c(Br)cc3c2c1. The zero-order chi connectivity index (χ0) is 75.3. The summed E-state index contributed by atoms with van der Waals surface area (Å²) < 4.78 is 61.3. The van der Waals surface area contributed by atoms with Crippen molar-refractivity contribution in [3.8, 4) is 5.75 Å². The van der Waals surface area contributed by atoms with E-state index in [2.05, 4.69) is 136 Å². The number of fused-ring (bicyclic) bond motifs is 21. The van der Waals surface area contributed by atoms with Gasteiger partial charge < -0.3 is 31.2 Å². The standard InChI is InChI=1S/C13H8BrClO2.C12H5BrClFO.4C12H6BrClO.C12H6BrClS/c1-16-9-3-2-4-10-11(9)7-5-6-8(15)12(14)13(7)17-10;13-9-4-8-7-3-6(15)1-2-11(7)16-12(8)5-10(9)14;13-7-5-9-8-3-1-2-4-11(8)15-12(9)10(14)6-7;13-9-5-8-7-3-1-2-4-11(7)15-12(8)6-10(9)14;13-8-5-6-9(14)11-7-3-1-2-4-10(7)15-12(8)11;13-11-9(14)6-5-8-7-3-1-2-4-10(7)15-12(8)11;13-8-5-6-10-11(12(8)14)7-3-1-2-4-9(7)15-10/h2-6H,1H3;1-5H;5*1-6H. The van der Waals surface area contributed by atoms with E-state index in [0.717, 1.165) is 173 Å². The van der Waals surface area contributed by atoms with Gasteiger partial charge in [0.2, 0.25) is 0 Å². The smallest absolute Gasteiger partial charge is 0.154 e. The van der Waals surface area contributed by atoms with Gasteiger partial charge >= 0.3 is 0 Å². The molecule has 0 aliphatic heterocycles. The van der Waals surface area contributed by atoms with E-state index in [-0.39, 0.29) is 5.82 Å². The van der Waals surface area contributed by atoms with Gasteiger partial charge in [0.1, 0.15) is 56.2 Å². The molecule has 7 heterocycles. The number of methoxy groups -OCH3 is 1. The highest BCUT2D eigenvalue weighted by molar-refractivity contribution is 9.11. The van der Waals surface area contributed by atoms with Crippen LogP contribution in [0.15, 0.2) is 300 Å². The normalized spacial score (nSPS) is 11.3. The van der Waals surface area contributed by atoms with Gasteiger partial charge in [0, 0.05) is 109 Å². The molecule has 536 valence electrons. The van der Waals surface area contributed by atoms with Gasteiger partial charge in [-0.3, -0.25) is 0 Å². The van der Waals surface area contributed by atoms with E-state index in [1.165, 1.54) is 26.9 Å². The van der Waals surface area contributed by atoms with Crippen molar-refractivity contribution >= 4 is 356 Å². The van der Waals surface area contributed by atoms with Gasteiger partial charge in [0.05, 0.1) is 61.1 Å². The van der Waals surface area contributed by atoms with Crippen LogP contribution < -0.4 is 4.74 Å². The Hall–Kier alpha value is -6.78. The Labute approximate surface area is 711 Å². The van der Waals surface area contributed by atoms with Gasteiger partial charge in [0.25, 0.3) is 0 Å². The van der Waals surface area contributed by atoms with Crippen molar-refractivity contribution in [1.29, 1.82) is 0 Å². The molecule has 0 fully saturated rings. The Morgan fingerprint density at radius 2 is 0.759 bits per heavy atom. The summed E-state index contributed by atoms with van der Waals surface area (Å²) in [4.78, 5) is 0. The fraction of sp³-hybridized carbons (Fsp3) is 0.0118. The summed E-state index contributed by atoms with van der Waals surface area (Å²) >= 11 is 68.4. The number of furan rings is 6. The average Bonchev–Trinajstić information content (AvgIpc) is 1.61. The maximum absolute atomic E-state index is 13.1. The van der Waals surface area contributed by atoms with Crippen molar-refractivity contribution in [2.45, 2.75) is 0 Å². The molecule has 14 aromatic carbocycles. The van der Waals surface area contributed by atoms with Crippen LogP contribution in [-0.4, -0.2) is 7.11 Å². The van der Waals surface area contributed by atoms with Crippen molar-refractivity contribution in [1.82, 2.24) is 0 Å². The quantitative estimate of drug-likeness (QED) is 0.162. The van der Waals surface area contributed by atoms with Crippen LogP contribution in [0.25, 0.3) is 152 Å². The third-order valence-corrected chi connectivity index (χ3v) is 26.5.